The molecule has 4 heteroatoms. The van der Waals surface area contributed by atoms with Gasteiger partial charge in [0, 0.05) is 19.6 Å². The molecule has 4 nitrogen and oxygen atoms in total. The molecule has 0 aromatic carbocycles. The van der Waals surface area contributed by atoms with Crippen molar-refractivity contribution in [2.75, 3.05) is 33.2 Å². The van der Waals surface area contributed by atoms with Gasteiger partial charge in [-0.2, -0.15) is 0 Å². The van der Waals surface area contributed by atoms with Gasteiger partial charge in [-0.3, -0.25) is 0 Å². The second-order valence-corrected chi connectivity index (χ2v) is 5.45. The summed E-state index contributed by atoms with van der Waals surface area (Å²) in [5.74, 6) is 2.30. The first kappa shape index (κ1) is 18.2. The summed E-state index contributed by atoms with van der Waals surface area (Å²) < 4.78 is 5.64. The van der Waals surface area contributed by atoms with Crippen molar-refractivity contribution in [2.45, 2.75) is 27.2 Å². The minimum absolute atomic E-state index is 0.640. The maximum Gasteiger partial charge on any atom is 0.148 e. The van der Waals surface area contributed by atoms with Crippen LogP contribution in [0.25, 0.3) is 0 Å². The van der Waals surface area contributed by atoms with Gasteiger partial charge in [-0.25, -0.2) is 4.99 Å². The summed E-state index contributed by atoms with van der Waals surface area (Å²) in [6.45, 7) is 17.6. The summed E-state index contributed by atoms with van der Waals surface area (Å²) >= 11 is 0. The van der Waals surface area contributed by atoms with Gasteiger partial charge in [-0.15, -0.1) is 0 Å². The van der Waals surface area contributed by atoms with Crippen LogP contribution in [-0.4, -0.2) is 48.7 Å². The van der Waals surface area contributed by atoms with Gasteiger partial charge in [-0.1, -0.05) is 13.2 Å². The molecule has 0 amide bonds. The van der Waals surface area contributed by atoms with Crippen molar-refractivity contribution in [3.05, 3.63) is 48.7 Å². The molecule has 0 aromatic rings. The molecule has 0 spiro atoms. The van der Waals surface area contributed by atoms with Gasteiger partial charge in [-0.05, 0) is 59.0 Å². The summed E-state index contributed by atoms with van der Waals surface area (Å²) in [4.78, 5) is 9.43. The van der Waals surface area contributed by atoms with Crippen LogP contribution in [-0.2, 0) is 4.74 Å². The molecule has 0 saturated carbocycles. The van der Waals surface area contributed by atoms with Gasteiger partial charge in [0.1, 0.15) is 17.3 Å². The third-order valence-electron chi connectivity index (χ3n) is 3.53. The van der Waals surface area contributed by atoms with Crippen LogP contribution < -0.4 is 0 Å². The number of nitrogens with zero attached hydrogens (tertiary/aromatic N) is 3. The van der Waals surface area contributed by atoms with Crippen molar-refractivity contribution < 1.29 is 4.74 Å². The van der Waals surface area contributed by atoms with E-state index in [-0.39, 0.29) is 0 Å². The summed E-state index contributed by atoms with van der Waals surface area (Å²) in [6, 6.07) is 0. The van der Waals surface area contributed by atoms with Crippen LogP contribution in [0.5, 0.6) is 0 Å². The third-order valence-corrected chi connectivity index (χ3v) is 3.53. The van der Waals surface area contributed by atoms with Crippen molar-refractivity contribution in [1.29, 1.82) is 0 Å². The monoisotopic (exact) mass is 303 g/mol. The highest BCUT2D eigenvalue weighted by Gasteiger charge is 2.15. The van der Waals surface area contributed by atoms with E-state index in [1.807, 2.05) is 32.9 Å². The highest BCUT2D eigenvalue weighted by atomic mass is 16.5. The fourth-order valence-electron chi connectivity index (χ4n) is 2.36. The first-order chi connectivity index (χ1) is 10.5. The first-order valence-electron chi connectivity index (χ1n) is 7.82. The zero-order chi connectivity index (χ0) is 16.5. The van der Waals surface area contributed by atoms with Gasteiger partial charge in [0.05, 0.1) is 5.76 Å². The van der Waals surface area contributed by atoms with Crippen molar-refractivity contribution in [1.82, 2.24) is 9.80 Å². The van der Waals surface area contributed by atoms with E-state index < -0.39 is 0 Å². The largest absolute Gasteiger partial charge is 0.461 e. The summed E-state index contributed by atoms with van der Waals surface area (Å²) in [7, 11) is 2.16. The second-order valence-electron chi connectivity index (χ2n) is 5.45. The van der Waals surface area contributed by atoms with Crippen molar-refractivity contribution in [2.24, 2.45) is 4.99 Å². The number of likely N-dealkylation sites (N-methyl/N-ethyl adjacent to an activating group) is 1. The summed E-state index contributed by atoms with van der Waals surface area (Å²) in [5, 5.41) is 0. The fourth-order valence-corrected chi connectivity index (χ4v) is 2.36. The Kier molecular flexibility index (Phi) is 7.67. The van der Waals surface area contributed by atoms with Crippen LogP contribution in [0.1, 0.15) is 27.2 Å². The minimum atomic E-state index is 0.640. The molecule has 0 bridgehead atoms. The predicted molar refractivity (Wildman–Crippen MR) is 94.7 cm³/mol. The van der Waals surface area contributed by atoms with Crippen molar-refractivity contribution in [3.8, 4) is 0 Å². The molecule has 1 heterocycles. The third kappa shape index (κ3) is 5.53. The number of ether oxygens (including phenoxy) is 1. The number of rotatable bonds is 6. The highest BCUT2D eigenvalue weighted by molar-refractivity contribution is 6.07. The minimum Gasteiger partial charge on any atom is -0.461 e. The molecule has 122 valence electrons. The average Bonchev–Trinajstić information content (AvgIpc) is 2.71. The molecule has 0 aliphatic carbocycles. The van der Waals surface area contributed by atoms with Crippen molar-refractivity contribution >= 4 is 5.71 Å². The number of aliphatic imine (C=N–C) groups is 1. The lowest BCUT2D eigenvalue weighted by Crippen LogP contribution is -2.28. The molecule has 1 aliphatic rings. The molecule has 22 heavy (non-hydrogen) atoms. The Morgan fingerprint density at radius 3 is 2.41 bits per heavy atom. The normalized spacial score (nSPS) is 18.9. The molecule has 1 aliphatic heterocycles. The fraction of sp³-hybridized carbons (Fsp3) is 0.500. The molecule has 0 aromatic heterocycles. The van der Waals surface area contributed by atoms with Crippen molar-refractivity contribution in [3.63, 3.8) is 0 Å². The quantitative estimate of drug-likeness (QED) is 0.555. The number of hydrogen-bond acceptors (Lipinski definition) is 4. The average molecular weight is 303 g/mol. The Hall–Kier alpha value is -1.81. The van der Waals surface area contributed by atoms with E-state index in [9.17, 15) is 0 Å². The molecular weight excluding hydrogens is 274 g/mol. The molecule has 1 saturated heterocycles. The zero-order valence-electron chi connectivity index (χ0n) is 14.4. The van der Waals surface area contributed by atoms with Crippen LogP contribution in [0, 0.1) is 0 Å². The summed E-state index contributed by atoms with van der Waals surface area (Å²) in [5.41, 5.74) is 0.733. The molecule has 0 atom stereocenters. The highest BCUT2D eigenvalue weighted by Crippen LogP contribution is 2.15. The SMILES string of the molecule is C=CC(=N\C(=C/C)N1CCCN(C)CC1)/C(=C/C)OC(=C)C. The van der Waals surface area contributed by atoms with Gasteiger partial charge in [0.2, 0.25) is 0 Å². The molecule has 1 fully saturated rings. The first-order valence-corrected chi connectivity index (χ1v) is 7.82. The van der Waals surface area contributed by atoms with Gasteiger partial charge >= 0.3 is 0 Å². The zero-order valence-corrected chi connectivity index (χ0v) is 14.4. The molecule has 1 rings (SSSR count). The Labute approximate surface area is 135 Å². The maximum absolute atomic E-state index is 5.64. The summed E-state index contributed by atoms with van der Waals surface area (Å²) in [6.07, 6.45) is 6.80. The lowest BCUT2D eigenvalue weighted by atomic mass is 10.3. The van der Waals surface area contributed by atoms with Gasteiger partial charge in [0.25, 0.3) is 0 Å². The smallest absolute Gasteiger partial charge is 0.148 e. The van der Waals surface area contributed by atoms with E-state index >= 15 is 0 Å². The lowest BCUT2D eigenvalue weighted by Gasteiger charge is -2.23. The molecule has 0 N–H and O–H groups in total. The van der Waals surface area contributed by atoms with Gasteiger partial charge in [0.15, 0.2) is 0 Å². The van der Waals surface area contributed by atoms with Gasteiger partial charge < -0.3 is 14.5 Å². The van der Waals surface area contributed by atoms with E-state index in [1.165, 1.54) is 0 Å². The lowest BCUT2D eigenvalue weighted by molar-refractivity contribution is 0.321. The second kappa shape index (κ2) is 9.26. The Morgan fingerprint density at radius 2 is 1.86 bits per heavy atom. The Balaban J connectivity index is 2.97. The van der Waals surface area contributed by atoms with E-state index in [4.69, 9.17) is 9.73 Å². The van der Waals surface area contributed by atoms with E-state index in [0.29, 0.717) is 11.5 Å². The van der Waals surface area contributed by atoms with Crippen LogP contribution in [0.3, 0.4) is 0 Å². The topological polar surface area (TPSA) is 28.1 Å². The maximum atomic E-state index is 5.64. The van der Waals surface area contributed by atoms with Crippen LogP contribution in [0.4, 0.5) is 0 Å². The number of hydrogen-bond donors (Lipinski definition) is 0. The number of allylic oxidation sites excluding steroid dienone is 4. The van der Waals surface area contributed by atoms with Crippen LogP contribution >= 0.6 is 0 Å². The van der Waals surface area contributed by atoms with Crippen LogP contribution in [0.15, 0.2) is 53.7 Å². The predicted octanol–water partition coefficient (Wildman–Crippen LogP) is 3.57. The van der Waals surface area contributed by atoms with E-state index in [0.717, 1.165) is 44.1 Å². The Bertz CT molecular complexity index is 489. The Morgan fingerprint density at radius 1 is 1.14 bits per heavy atom. The molecule has 0 unspecified atom stereocenters. The van der Waals surface area contributed by atoms with E-state index in [1.54, 1.807) is 6.08 Å². The molecule has 0 radical (unpaired) electrons. The van der Waals surface area contributed by atoms with E-state index in [2.05, 4.69) is 30.0 Å². The van der Waals surface area contributed by atoms with Crippen LogP contribution in [0.2, 0.25) is 0 Å². The molecular formula is C18H29N3O. The standard InChI is InChI=1S/C18H29N3O/c1-7-16(17(8-2)22-15(4)5)19-18(9-3)21-12-10-11-20(6)13-14-21/h7-9H,1,4,10-14H2,2-3,5-6H3/b17-8-,18-9+,19-16+.